The zero-order valence-electron chi connectivity index (χ0n) is 16.8. The van der Waals surface area contributed by atoms with Gasteiger partial charge in [-0.15, -0.1) is 11.3 Å². The topological polar surface area (TPSA) is 76.9 Å². The van der Waals surface area contributed by atoms with Crippen LogP contribution in [0.4, 0.5) is 5.13 Å². The van der Waals surface area contributed by atoms with Crippen LogP contribution in [0.2, 0.25) is 5.02 Å². The van der Waals surface area contributed by atoms with E-state index in [0.29, 0.717) is 38.5 Å². The maximum Gasteiger partial charge on any atom is 0.262 e. The van der Waals surface area contributed by atoms with Crippen LogP contribution in [0.15, 0.2) is 63.9 Å². The number of nitrogens with zero attached hydrogens (tertiary/aromatic N) is 3. The second kappa shape index (κ2) is 9.21. The molecular formula is C22H19ClN4O2S2. The summed E-state index contributed by atoms with van der Waals surface area (Å²) < 4.78 is 1.59. The molecule has 1 amide bonds. The van der Waals surface area contributed by atoms with Crippen LogP contribution >= 0.6 is 34.7 Å². The number of nitrogens with one attached hydrogen (secondary N) is 1. The lowest BCUT2D eigenvalue weighted by Gasteiger charge is -2.14. The van der Waals surface area contributed by atoms with Gasteiger partial charge in [0, 0.05) is 22.5 Å². The minimum absolute atomic E-state index is 0.104. The van der Waals surface area contributed by atoms with Gasteiger partial charge in [0.2, 0.25) is 5.91 Å². The molecule has 0 bridgehead atoms. The van der Waals surface area contributed by atoms with Crippen LogP contribution in [0.25, 0.3) is 22.2 Å². The SMILES string of the molecule is CCn1c(SC(C)C(=O)Nc2nc(-c3ccccc3Cl)cs2)nc2ccccc2c1=O. The number of fused-ring (bicyclic) bond motifs is 1. The van der Waals surface area contributed by atoms with Crippen LogP contribution in [0.5, 0.6) is 0 Å². The number of aromatic nitrogens is 3. The maximum atomic E-state index is 12.8. The van der Waals surface area contributed by atoms with E-state index in [9.17, 15) is 9.59 Å². The first kappa shape index (κ1) is 21.5. The Morgan fingerprint density at radius 2 is 1.94 bits per heavy atom. The molecule has 2 aromatic heterocycles. The summed E-state index contributed by atoms with van der Waals surface area (Å²) in [7, 11) is 0. The van der Waals surface area contributed by atoms with Gasteiger partial charge in [0.25, 0.3) is 5.56 Å². The minimum Gasteiger partial charge on any atom is -0.301 e. The van der Waals surface area contributed by atoms with Crippen LogP contribution < -0.4 is 10.9 Å². The molecule has 0 aliphatic heterocycles. The highest BCUT2D eigenvalue weighted by atomic mass is 35.5. The number of halogens is 1. The van der Waals surface area contributed by atoms with Gasteiger partial charge in [0.05, 0.1) is 21.8 Å². The standard InChI is InChI=1S/C22H19ClN4O2S2/c1-3-27-20(29)15-9-5-7-11-17(15)25-22(27)31-13(2)19(28)26-21-24-18(12-30-21)14-8-4-6-10-16(14)23/h4-13H,3H2,1-2H3,(H,24,26,28). The minimum atomic E-state index is -0.474. The Balaban J connectivity index is 1.52. The van der Waals surface area contributed by atoms with Crippen molar-refractivity contribution < 1.29 is 4.79 Å². The Kier molecular flexibility index (Phi) is 6.41. The largest absolute Gasteiger partial charge is 0.301 e. The quantitative estimate of drug-likeness (QED) is 0.305. The zero-order chi connectivity index (χ0) is 22.0. The average Bonchev–Trinajstić information content (AvgIpc) is 3.22. The Hall–Kier alpha value is -2.68. The molecule has 0 spiro atoms. The molecule has 1 N–H and O–H groups in total. The van der Waals surface area contributed by atoms with Crippen LogP contribution in [0.1, 0.15) is 13.8 Å². The van der Waals surface area contributed by atoms with Gasteiger partial charge in [-0.05, 0) is 32.0 Å². The van der Waals surface area contributed by atoms with Crippen molar-refractivity contribution in [1.82, 2.24) is 14.5 Å². The summed E-state index contributed by atoms with van der Waals surface area (Å²) in [5.41, 5.74) is 2.04. The predicted molar refractivity (Wildman–Crippen MR) is 128 cm³/mol. The molecule has 31 heavy (non-hydrogen) atoms. The highest BCUT2D eigenvalue weighted by Gasteiger charge is 2.20. The number of amides is 1. The van der Waals surface area contributed by atoms with E-state index in [2.05, 4.69) is 15.3 Å². The van der Waals surface area contributed by atoms with E-state index in [-0.39, 0.29) is 11.5 Å². The molecule has 0 saturated carbocycles. The normalized spacial score (nSPS) is 12.1. The summed E-state index contributed by atoms with van der Waals surface area (Å²) in [5.74, 6) is -0.213. The van der Waals surface area contributed by atoms with Gasteiger partial charge in [-0.2, -0.15) is 0 Å². The predicted octanol–water partition coefficient (Wildman–Crippen LogP) is 5.31. The van der Waals surface area contributed by atoms with E-state index in [4.69, 9.17) is 11.6 Å². The molecule has 2 aromatic carbocycles. The van der Waals surface area contributed by atoms with Gasteiger partial charge < -0.3 is 5.32 Å². The molecule has 0 aliphatic rings. The van der Waals surface area contributed by atoms with Crippen molar-refractivity contribution in [3.63, 3.8) is 0 Å². The number of thioether (sulfide) groups is 1. The van der Waals surface area contributed by atoms with E-state index >= 15 is 0 Å². The summed E-state index contributed by atoms with van der Waals surface area (Å²) in [6.45, 7) is 4.14. The first-order chi connectivity index (χ1) is 15.0. The zero-order valence-corrected chi connectivity index (χ0v) is 19.2. The molecular weight excluding hydrogens is 452 g/mol. The molecule has 0 radical (unpaired) electrons. The summed E-state index contributed by atoms with van der Waals surface area (Å²) in [4.78, 5) is 34.6. The number of thiazole rings is 1. The number of carbonyl (C=O) groups excluding carboxylic acids is 1. The van der Waals surface area contributed by atoms with Gasteiger partial charge in [-0.25, -0.2) is 9.97 Å². The van der Waals surface area contributed by atoms with Crippen molar-refractivity contribution in [3.8, 4) is 11.3 Å². The number of para-hydroxylation sites is 1. The Morgan fingerprint density at radius 1 is 1.19 bits per heavy atom. The van der Waals surface area contributed by atoms with Crippen LogP contribution in [0.3, 0.4) is 0 Å². The first-order valence-corrected chi connectivity index (χ1v) is 11.8. The van der Waals surface area contributed by atoms with Crippen molar-refractivity contribution in [2.24, 2.45) is 0 Å². The van der Waals surface area contributed by atoms with E-state index < -0.39 is 5.25 Å². The summed E-state index contributed by atoms with van der Waals surface area (Å²) in [6, 6.07) is 14.7. The molecule has 1 atom stereocenters. The van der Waals surface area contributed by atoms with Crippen LogP contribution in [0, 0.1) is 0 Å². The highest BCUT2D eigenvalue weighted by Crippen LogP contribution is 2.31. The number of hydrogen-bond donors (Lipinski definition) is 1. The van der Waals surface area contributed by atoms with Gasteiger partial charge in [-0.3, -0.25) is 14.2 Å². The van der Waals surface area contributed by atoms with Crippen molar-refractivity contribution in [2.45, 2.75) is 30.8 Å². The fraction of sp³-hybridized carbons (Fsp3) is 0.182. The molecule has 4 rings (SSSR count). The number of rotatable bonds is 6. The Morgan fingerprint density at radius 3 is 2.71 bits per heavy atom. The number of anilines is 1. The van der Waals surface area contributed by atoms with Crippen LogP contribution in [-0.4, -0.2) is 25.7 Å². The number of benzene rings is 2. The van der Waals surface area contributed by atoms with Crippen molar-refractivity contribution in [2.75, 3.05) is 5.32 Å². The fourth-order valence-corrected chi connectivity index (χ4v) is 4.98. The molecule has 0 fully saturated rings. The van der Waals surface area contributed by atoms with Gasteiger partial charge >= 0.3 is 0 Å². The van der Waals surface area contributed by atoms with E-state index in [0.717, 1.165) is 5.56 Å². The average molecular weight is 471 g/mol. The second-order valence-electron chi connectivity index (χ2n) is 6.73. The molecule has 0 saturated heterocycles. The Bertz CT molecular complexity index is 1320. The number of carbonyl (C=O) groups is 1. The highest BCUT2D eigenvalue weighted by molar-refractivity contribution is 8.00. The van der Waals surface area contributed by atoms with Crippen molar-refractivity contribution in [1.29, 1.82) is 0 Å². The van der Waals surface area contributed by atoms with E-state index in [1.54, 1.807) is 29.7 Å². The van der Waals surface area contributed by atoms with Gasteiger partial charge in [-0.1, -0.05) is 53.7 Å². The third kappa shape index (κ3) is 4.51. The lowest BCUT2D eigenvalue weighted by molar-refractivity contribution is -0.115. The van der Waals surface area contributed by atoms with E-state index in [1.165, 1.54) is 23.1 Å². The lowest BCUT2D eigenvalue weighted by Crippen LogP contribution is -2.26. The maximum absolute atomic E-state index is 12.8. The molecule has 1 unspecified atom stereocenters. The molecule has 6 nitrogen and oxygen atoms in total. The van der Waals surface area contributed by atoms with Crippen LogP contribution in [-0.2, 0) is 11.3 Å². The second-order valence-corrected chi connectivity index (χ2v) is 9.30. The third-order valence-corrected chi connectivity index (χ3v) is 6.86. The van der Waals surface area contributed by atoms with Gasteiger partial charge in [0.15, 0.2) is 10.3 Å². The smallest absolute Gasteiger partial charge is 0.262 e. The molecule has 158 valence electrons. The Labute approximate surface area is 192 Å². The van der Waals surface area contributed by atoms with Crippen molar-refractivity contribution >= 4 is 56.6 Å². The van der Waals surface area contributed by atoms with E-state index in [1.807, 2.05) is 42.6 Å². The molecule has 9 heteroatoms. The first-order valence-electron chi connectivity index (χ1n) is 9.65. The summed E-state index contributed by atoms with van der Waals surface area (Å²) in [5, 5.41) is 6.42. The van der Waals surface area contributed by atoms with Gasteiger partial charge in [0.1, 0.15) is 0 Å². The lowest BCUT2D eigenvalue weighted by atomic mass is 10.2. The molecule has 4 aromatic rings. The molecule has 2 heterocycles. The fourth-order valence-electron chi connectivity index (χ4n) is 3.06. The third-order valence-electron chi connectivity index (χ3n) is 4.68. The molecule has 0 aliphatic carbocycles. The monoisotopic (exact) mass is 470 g/mol. The number of hydrogen-bond acceptors (Lipinski definition) is 6. The summed E-state index contributed by atoms with van der Waals surface area (Å²) >= 11 is 8.82. The summed E-state index contributed by atoms with van der Waals surface area (Å²) in [6.07, 6.45) is 0. The van der Waals surface area contributed by atoms with Crippen molar-refractivity contribution in [3.05, 3.63) is 69.3 Å².